The first-order chi connectivity index (χ1) is 9.17. The van der Waals surface area contributed by atoms with Gasteiger partial charge in [-0.25, -0.2) is 5.48 Å². The van der Waals surface area contributed by atoms with Crippen LogP contribution in [0.1, 0.15) is 29.6 Å². The smallest absolute Gasteiger partial charge is 0.251 e. The van der Waals surface area contributed by atoms with Gasteiger partial charge in [-0.3, -0.25) is 14.8 Å². The van der Waals surface area contributed by atoms with E-state index in [-0.39, 0.29) is 12.3 Å². The van der Waals surface area contributed by atoms with E-state index in [0.717, 1.165) is 0 Å². The van der Waals surface area contributed by atoms with Crippen LogP contribution in [0.5, 0.6) is 5.75 Å². The van der Waals surface area contributed by atoms with Gasteiger partial charge in [0.2, 0.25) is 5.91 Å². The van der Waals surface area contributed by atoms with E-state index < -0.39 is 5.91 Å². The molecule has 1 aromatic rings. The predicted octanol–water partition coefficient (Wildman–Crippen LogP) is 1.10. The van der Waals surface area contributed by atoms with Gasteiger partial charge in [-0.2, -0.15) is 0 Å². The Balaban J connectivity index is 2.25. The number of benzene rings is 1. The van der Waals surface area contributed by atoms with Gasteiger partial charge in [0.05, 0.1) is 7.11 Å². The lowest BCUT2D eigenvalue weighted by Gasteiger charge is -2.06. The van der Waals surface area contributed by atoms with Crippen molar-refractivity contribution >= 4 is 11.8 Å². The maximum Gasteiger partial charge on any atom is 0.251 e. The Hall–Kier alpha value is -2.08. The minimum absolute atomic E-state index is 0.158. The van der Waals surface area contributed by atoms with Crippen LogP contribution in [0.3, 0.4) is 0 Å². The first kappa shape index (κ1) is 15.0. The monoisotopic (exact) mass is 266 g/mol. The lowest BCUT2D eigenvalue weighted by Crippen LogP contribution is -2.25. The van der Waals surface area contributed by atoms with Crippen molar-refractivity contribution in [3.05, 3.63) is 29.8 Å². The van der Waals surface area contributed by atoms with E-state index in [4.69, 9.17) is 9.94 Å². The van der Waals surface area contributed by atoms with Crippen molar-refractivity contribution < 1.29 is 19.5 Å². The van der Waals surface area contributed by atoms with Gasteiger partial charge in [0.1, 0.15) is 5.75 Å². The van der Waals surface area contributed by atoms with E-state index in [1.165, 1.54) is 0 Å². The molecule has 6 nitrogen and oxygen atoms in total. The summed E-state index contributed by atoms with van der Waals surface area (Å²) in [7, 11) is 1.57. The minimum atomic E-state index is -0.415. The van der Waals surface area contributed by atoms with Crippen LogP contribution in [0.25, 0.3) is 0 Å². The maximum absolute atomic E-state index is 11.7. The van der Waals surface area contributed by atoms with Gasteiger partial charge in [-0.1, -0.05) is 0 Å². The summed E-state index contributed by atoms with van der Waals surface area (Å²) in [4.78, 5) is 22.5. The van der Waals surface area contributed by atoms with Crippen LogP contribution < -0.4 is 15.5 Å². The predicted molar refractivity (Wildman–Crippen MR) is 69.1 cm³/mol. The molecule has 0 radical (unpaired) electrons. The zero-order valence-corrected chi connectivity index (χ0v) is 10.8. The summed E-state index contributed by atoms with van der Waals surface area (Å²) in [6.07, 6.45) is 1.53. The summed E-state index contributed by atoms with van der Waals surface area (Å²) in [5.74, 6) is 0.127. The van der Waals surface area contributed by atoms with Crippen LogP contribution in [0.2, 0.25) is 0 Å². The number of carbonyl (C=O) groups is 2. The highest BCUT2D eigenvalue weighted by atomic mass is 16.5. The SMILES string of the molecule is COc1ccc(C(=O)NCCCCC(=O)NO)cc1. The molecule has 1 rings (SSSR count). The van der Waals surface area contributed by atoms with Gasteiger partial charge in [0.15, 0.2) is 0 Å². The number of hydrogen-bond donors (Lipinski definition) is 3. The topological polar surface area (TPSA) is 87.7 Å². The standard InChI is InChI=1S/C13H18N2O4/c1-19-11-7-5-10(6-8-11)13(17)14-9-3-2-4-12(16)15-18/h5-8,18H,2-4,9H2,1H3,(H,14,17)(H,15,16). The van der Waals surface area contributed by atoms with Gasteiger partial charge in [-0.15, -0.1) is 0 Å². The zero-order valence-electron chi connectivity index (χ0n) is 10.8. The Morgan fingerprint density at radius 2 is 1.89 bits per heavy atom. The summed E-state index contributed by atoms with van der Waals surface area (Å²) in [6, 6.07) is 6.82. The van der Waals surface area contributed by atoms with Crippen LogP contribution in [-0.4, -0.2) is 30.7 Å². The number of unbranched alkanes of at least 4 members (excludes halogenated alkanes) is 1. The Morgan fingerprint density at radius 1 is 1.21 bits per heavy atom. The van der Waals surface area contributed by atoms with E-state index >= 15 is 0 Å². The zero-order chi connectivity index (χ0) is 14.1. The van der Waals surface area contributed by atoms with E-state index in [2.05, 4.69) is 5.32 Å². The minimum Gasteiger partial charge on any atom is -0.497 e. The molecule has 0 bridgehead atoms. The Bertz CT molecular complexity index is 417. The van der Waals surface area contributed by atoms with Crippen LogP contribution >= 0.6 is 0 Å². The number of rotatable bonds is 7. The molecule has 0 aliphatic heterocycles. The number of carbonyl (C=O) groups excluding carboxylic acids is 2. The van der Waals surface area contributed by atoms with E-state index in [0.29, 0.717) is 30.7 Å². The third-order valence-electron chi connectivity index (χ3n) is 2.59. The largest absolute Gasteiger partial charge is 0.497 e. The molecule has 19 heavy (non-hydrogen) atoms. The number of hydroxylamine groups is 1. The second-order valence-corrected chi connectivity index (χ2v) is 3.98. The molecule has 0 unspecified atom stereocenters. The summed E-state index contributed by atoms with van der Waals surface area (Å²) in [5, 5.41) is 11.0. The molecule has 2 amide bonds. The number of hydrogen-bond acceptors (Lipinski definition) is 4. The second kappa shape index (κ2) is 8.10. The fourth-order valence-corrected chi connectivity index (χ4v) is 1.51. The molecule has 0 saturated carbocycles. The van der Waals surface area contributed by atoms with Gasteiger partial charge in [0.25, 0.3) is 5.91 Å². The first-order valence-electron chi connectivity index (χ1n) is 6.02. The highest BCUT2D eigenvalue weighted by molar-refractivity contribution is 5.94. The molecule has 104 valence electrons. The second-order valence-electron chi connectivity index (χ2n) is 3.98. The highest BCUT2D eigenvalue weighted by Gasteiger charge is 2.05. The van der Waals surface area contributed by atoms with Crippen molar-refractivity contribution in [2.24, 2.45) is 0 Å². The fraction of sp³-hybridized carbons (Fsp3) is 0.385. The van der Waals surface area contributed by atoms with Gasteiger partial charge >= 0.3 is 0 Å². The van der Waals surface area contributed by atoms with Gasteiger partial charge < -0.3 is 10.1 Å². The number of ether oxygens (including phenoxy) is 1. The van der Waals surface area contributed by atoms with Crippen molar-refractivity contribution in [1.82, 2.24) is 10.8 Å². The molecule has 0 aliphatic rings. The molecular formula is C13H18N2O4. The molecule has 1 aromatic carbocycles. The van der Waals surface area contributed by atoms with E-state index in [1.54, 1.807) is 36.9 Å². The number of amides is 2. The quantitative estimate of drug-likeness (QED) is 0.392. The Labute approximate surface area is 111 Å². The lowest BCUT2D eigenvalue weighted by atomic mass is 10.2. The lowest BCUT2D eigenvalue weighted by molar-refractivity contribution is -0.129. The molecule has 0 saturated heterocycles. The third kappa shape index (κ3) is 5.39. The third-order valence-corrected chi connectivity index (χ3v) is 2.59. The Morgan fingerprint density at radius 3 is 2.47 bits per heavy atom. The van der Waals surface area contributed by atoms with Crippen molar-refractivity contribution in [2.75, 3.05) is 13.7 Å². The van der Waals surface area contributed by atoms with E-state index in [9.17, 15) is 9.59 Å². The summed E-state index contributed by atoms with van der Waals surface area (Å²) >= 11 is 0. The molecule has 3 N–H and O–H groups in total. The van der Waals surface area contributed by atoms with Crippen molar-refractivity contribution in [3.8, 4) is 5.75 Å². The number of methoxy groups -OCH3 is 1. The van der Waals surface area contributed by atoms with Crippen molar-refractivity contribution in [3.63, 3.8) is 0 Å². The molecule has 0 fully saturated rings. The van der Waals surface area contributed by atoms with Crippen molar-refractivity contribution in [1.29, 1.82) is 0 Å². The molecule has 0 spiro atoms. The van der Waals surface area contributed by atoms with Crippen molar-refractivity contribution in [2.45, 2.75) is 19.3 Å². The van der Waals surface area contributed by atoms with Crippen LogP contribution in [-0.2, 0) is 4.79 Å². The van der Waals surface area contributed by atoms with Crippen LogP contribution in [0.15, 0.2) is 24.3 Å². The summed E-state index contributed by atoms with van der Waals surface area (Å²) in [6.45, 7) is 0.490. The Kier molecular flexibility index (Phi) is 6.38. The average Bonchev–Trinajstić information content (AvgIpc) is 2.46. The first-order valence-corrected chi connectivity index (χ1v) is 6.02. The molecule has 0 atom stereocenters. The van der Waals surface area contributed by atoms with Gasteiger partial charge in [-0.05, 0) is 37.1 Å². The summed E-state index contributed by atoms with van der Waals surface area (Å²) < 4.78 is 5.01. The normalized spacial score (nSPS) is 9.79. The highest BCUT2D eigenvalue weighted by Crippen LogP contribution is 2.11. The van der Waals surface area contributed by atoms with Crippen LogP contribution in [0.4, 0.5) is 0 Å². The number of nitrogens with one attached hydrogen (secondary N) is 2. The molecule has 0 heterocycles. The molecule has 6 heteroatoms. The summed E-state index contributed by atoms with van der Waals surface area (Å²) in [5.41, 5.74) is 2.13. The molecule has 0 aliphatic carbocycles. The molecular weight excluding hydrogens is 248 g/mol. The fourth-order valence-electron chi connectivity index (χ4n) is 1.51. The van der Waals surface area contributed by atoms with Crippen LogP contribution in [0, 0.1) is 0 Å². The van der Waals surface area contributed by atoms with Gasteiger partial charge in [0, 0.05) is 18.5 Å². The maximum atomic E-state index is 11.7. The van der Waals surface area contributed by atoms with E-state index in [1.807, 2.05) is 0 Å². The molecule has 0 aromatic heterocycles. The average molecular weight is 266 g/mol.